The second kappa shape index (κ2) is 9.83. The Morgan fingerprint density at radius 2 is 1.76 bits per heavy atom. The van der Waals surface area contributed by atoms with Crippen LogP contribution in [0, 0.1) is 0 Å². The topological polar surface area (TPSA) is 109 Å². The first kappa shape index (κ1) is 22.5. The number of hydrogen-bond donors (Lipinski definition) is 2. The number of carbonyl (C=O) groups excluding carboxylic acids is 2. The quantitative estimate of drug-likeness (QED) is 0.527. The van der Waals surface area contributed by atoms with E-state index < -0.39 is 30.4 Å². The molecule has 1 aliphatic rings. The number of carboxylic acids is 1. The number of amides is 2. The minimum absolute atomic E-state index is 0.0722. The summed E-state index contributed by atoms with van der Waals surface area (Å²) in [5.74, 6) is -1.86. The number of likely N-dealkylation sites (N-methyl/N-ethyl adjacent to an activating group) is 1. The Morgan fingerprint density at radius 1 is 1.12 bits per heavy atom. The summed E-state index contributed by atoms with van der Waals surface area (Å²) in [5.41, 5.74) is 4.33. The van der Waals surface area contributed by atoms with E-state index in [1.165, 1.54) is 23.3 Å². The van der Waals surface area contributed by atoms with E-state index in [-0.39, 0.29) is 19.1 Å². The van der Waals surface area contributed by atoms with Gasteiger partial charge in [-0.2, -0.15) is 0 Å². The largest absolute Gasteiger partial charge is 0.481 e. The molecule has 1 unspecified atom stereocenters. The second-order valence-corrected chi connectivity index (χ2v) is 8.72. The molecule has 0 radical (unpaired) electrons. The van der Waals surface area contributed by atoms with E-state index in [9.17, 15) is 19.5 Å². The number of ether oxygens (including phenoxy) is 1. The van der Waals surface area contributed by atoms with E-state index in [0.29, 0.717) is 5.01 Å². The van der Waals surface area contributed by atoms with Crippen LogP contribution in [0.2, 0.25) is 0 Å². The van der Waals surface area contributed by atoms with Gasteiger partial charge in [-0.05, 0) is 22.3 Å². The Kier molecular flexibility index (Phi) is 6.69. The van der Waals surface area contributed by atoms with Gasteiger partial charge in [-0.3, -0.25) is 9.59 Å². The Bertz CT molecular complexity index is 1120. The fourth-order valence-corrected chi connectivity index (χ4v) is 4.70. The van der Waals surface area contributed by atoms with Gasteiger partial charge >= 0.3 is 12.1 Å². The van der Waals surface area contributed by atoms with Crippen LogP contribution in [0.5, 0.6) is 0 Å². The number of nitrogens with one attached hydrogen (secondary N) is 1. The summed E-state index contributed by atoms with van der Waals surface area (Å²) in [6.07, 6.45) is 0.242. The van der Waals surface area contributed by atoms with Crippen molar-refractivity contribution in [2.24, 2.45) is 0 Å². The van der Waals surface area contributed by atoms with Crippen molar-refractivity contribution in [2.45, 2.75) is 24.9 Å². The van der Waals surface area contributed by atoms with Gasteiger partial charge in [0.2, 0.25) is 5.91 Å². The lowest BCUT2D eigenvalue weighted by Gasteiger charge is -2.23. The zero-order chi connectivity index (χ0) is 23.4. The van der Waals surface area contributed by atoms with Crippen LogP contribution in [0.3, 0.4) is 0 Å². The molecule has 1 aliphatic carbocycles. The molecule has 8 nitrogen and oxygen atoms in total. The Labute approximate surface area is 194 Å². The normalized spacial score (nSPS) is 13.0. The van der Waals surface area contributed by atoms with Gasteiger partial charge < -0.3 is 20.1 Å². The zero-order valence-electron chi connectivity index (χ0n) is 17.9. The third-order valence-electron chi connectivity index (χ3n) is 5.54. The van der Waals surface area contributed by atoms with Crippen LogP contribution in [0.25, 0.3) is 11.1 Å². The highest BCUT2D eigenvalue weighted by Crippen LogP contribution is 2.44. The Hall–Kier alpha value is -3.72. The second-order valence-electron chi connectivity index (χ2n) is 7.74. The molecule has 0 saturated heterocycles. The number of hydrogen-bond acceptors (Lipinski definition) is 6. The number of aromatic nitrogens is 1. The molecule has 4 rings (SSSR count). The van der Waals surface area contributed by atoms with Gasteiger partial charge in [-0.25, -0.2) is 9.78 Å². The summed E-state index contributed by atoms with van der Waals surface area (Å²) >= 11 is 1.39. The highest BCUT2D eigenvalue weighted by molar-refractivity contribution is 7.09. The number of fused-ring (bicyclic) bond motifs is 3. The number of thiazole rings is 1. The summed E-state index contributed by atoms with van der Waals surface area (Å²) < 4.78 is 5.46. The molecule has 2 amide bonds. The van der Waals surface area contributed by atoms with Crippen molar-refractivity contribution < 1.29 is 24.2 Å². The van der Waals surface area contributed by atoms with Gasteiger partial charge in [0.15, 0.2) is 0 Å². The van der Waals surface area contributed by atoms with Crippen molar-refractivity contribution >= 4 is 29.3 Å². The van der Waals surface area contributed by atoms with Crippen LogP contribution >= 0.6 is 11.3 Å². The first-order valence-corrected chi connectivity index (χ1v) is 11.3. The maximum Gasteiger partial charge on any atom is 0.407 e. The highest BCUT2D eigenvalue weighted by atomic mass is 32.1. The van der Waals surface area contributed by atoms with Crippen molar-refractivity contribution in [2.75, 3.05) is 13.7 Å². The number of benzene rings is 2. The van der Waals surface area contributed by atoms with Crippen LogP contribution in [-0.4, -0.2) is 52.7 Å². The molecule has 2 aromatic carbocycles. The first-order valence-electron chi connectivity index (χ1n) is 10.4. The molecule has 33 heavy (non-hydrogen) atoms. The average Bonchev–Trinajstić information content (AvgIpc) is 3.42. The molecule has 0 bridgehead atoms. The van der Waals surface area contributed by atoms with Crippen molar-refractivity contribution in [1.29, 1.82) is 0 Å². The van der Waals surface area contributed by atoms with Gasteiger partial charge in [0.05, 0.1) is 13.0 Å². The zero-order valence-corrected chi connectivity index (χ0v) is 18.7. The van der Waals surface area contributed by atoms with E-state index in [1.54, 1.807) is 11.6 Å². The van der Waals surface area contributed by atoms with Gasteiger partial charge in [0.25, 0.3) is 0 Å². The van der Waals surface area contributed by atoms with Gasteiger partial charge in [-0.1, -0.05) is 48.5 Å². The van der Waals surface area contributed by atoms with Crippen LogP contribution in [-0.2, 0) is 20.9 Å². The number of rotatable bonds is 8. The summed E-state index contributed by atoms with van der Waals surface area (Å²) in [5, 5.41) is 14.2. The lowest BCUT2D eigenvalue weighted by atomic mass is 9.98. The summed E-state index contributed by atoms with van der Waals surface area (Å²) in [7, 11) is 1.54. The fourth-order valence-electron chi connectivity index (χ4n) is 4.03. The molecular weight excluding hydrogens is 442 g/mol. The summed E-state index contributed by atoms with van der Waals surface area (Å²) in [6, 6.07) is 14.7. The maximum absolute atomic E-state index is 12.8. The van der Waals surface area contributed by atoms with E-state index in [2.05, 4.69) is 10.3 Å². The summed E-state index contributed by atoms with van der Waals surface area (Å²) in [4.78, 5) is 42.1. The molecule has 0 saturated carbocycles. The van der Waals surface area contributed by atoms with E-state index in [1.807, 2.05) is 48.5 Å². The maximum atomic E-state index is 12.8. The van der Waals surface area contributed by atoms with E-state index in [4.69, 9.17) is 4.74 Å². The predicted molar refractivity (Wildman–Crippen MR) is 123 cm³/mol. The Morgan fingerprint density at radius 3 is 2.33 bits per heavy atom. The lowest BCUT2D eigenvalue weighted by Crippen LogP contribution is -2.48. The standard InChI is InChI=1S/C24H23N3O5S/c1-27(13-21-25-10-11-33-21)23(30)20(12-22(28)29)26-24(31)32-14-19-17-8-4-2-6-15(17)16-7-3-5-9-18(16)19/h2-11,19-20H,12-14H2,1H3,(H,26,31)(H,28,29). The number of alkyl carbamates (subject to hydrolysis) is 1. The van der Waals surface area contributed by atoms with Crippen molar-refractivity contribution in [3.8, 4) is 11.1 Å². The molecule has 0 fully saturated rings. The van der Waals surface area contributed by atoms with Gasteiger partial charge in [0, 0.05) is 24.5 Å². The number of carboxylic acid groups (broad SMARTS) is 1. The molecule has 2 N–H and O–H groups in total. The smallest absolute Gasteiger partial charge is 0.407 e. The lowest BCUT2D eigenvalue weighted by molar-refractivity contribution is -0.142. The third-order valence-corrected chi connectivity index (χ3v) is 6.31. The SMILES string of the molecule is CN(Cc1nccs1)C(=O)C(CC(=O)O)NC(=O)OCC1c2ccccc2-c2ccccc21. The van der Waals surface area contributed by atoms with E-state index in [0.717, 1.165) is 22.3 Å². The van der Waals surface area contributed by atoms with Gasteiger partial charge in [-0.15, -0.1) is 11.3 Å². The molecular formula is C24H23N3O5S. The highest BCUT2D eigenvalue weighted by Gasteiger charge is 2.31. The molecule has 170 valence electrons. The molecule has 0 aliphatic heterocycles. The van der Waals surface area contributed by atoms with Crippen LogP contribution in [0.15, 0.2) is 60.1 Å². The average molecular weight is 466 g/mol. The molecule has 9 heteroatoms. The predicted octanol–water partition coefficient (Wildman–Crippen LogP) is 3.48. The fraction of sp³-hybridized carbons (Fsp3) is 0.250. The van der Waals surface area contributed by atoms with Crippen LogP contribution in [0.4, 0.5) is 4.79 Å². The summed E-state index contributed by atoms with van der Waals surface area (Å²) in [6.45, 7) is 0.293. The minimum Gasteiger partial charge on any atom is -0.481 e. The third kappa shape index (κ3) is 5.04. The van der Waals surface area contributed by atoms with Crippen molar-refractivity contribution in [3.63, 3.8) is 0 Å². The minimum atomic E-state index is -1.25. The molecule has 1 aromatic heterocycles. The number of aliphatic carboxylic acids is 1. The first-order chi connectivity index (χ1) is 15.9. The van der Waals surface area contributed by atoms with Crippen LogP contribution in [0.1, 0.15) is 28.5 Å². The van der Waals surface area contributed by atoms with E-state index >= 15 is 0 Å². The Balaban J connectivity index is 1.42. The monoisotopic (exact) mass is 465 g/mol. The molecule has 3 aromatic rings. The van der Waals surface area contributed by atoms with Crippen molar-refractivity contribution in [1.82, 2.24) is 15.2 Å². The number of nitrogens with zero attached hydrogens (tertiary/aromatic N) is 2. The van der Waals surface area contributed by atoms with Gasteiger partial charge in [0.1, 0.15) is 17.7 Å². The number of carbonyl (C=O) groups is 3. The van der Waals surface area contributed by atoms with Crippen molar-refractivity contribution in [3.05, 3.63) is 76.2 Å². The molecule has 0 spiro atoms. The molecule has 1 atom stereocenters. The van der Waals surface area contributed by atoms with Crippen LogP contribution < -0.4 is 5.32 Å². The molecule has 1 heterocycles.